The molecule has 0 unspecified atom stereocenters. The Morgan fingerprint density at radius 1 is 1.15 bits per heavy atom. The highest BCUT2D eigenvalue weighted by atomic mass is 32.1. The lowest BCUT2D eigenvalue weighted by molar-refractivity contribution is 0.102. The minimum atomic E-state index is -0.261. The number of rotatable bonds is 3. The van der Waals surface area contributed by atoms with Crippen LogP contribution in [0.2, 0.25) is 0 Å². The summed E-state index contributed by atoms with van der Waals surface area (Å²) in [4.78, 5) is 31.7. The van der Waals surface area contributed by atoms with E-state index in [1.807, 2.05) is 30.3 Å². The Hall–Kier alpha value is -3.13. The molecule has 0 saturated heterocycles. The second-order valence-electron chi connectivity index (χ2n) is 5.82. The molecule has 3 amide bonds. The molecule has 8 heteroatoms. The summed E-state index contributed by atoms with van der Waals surface area (Å²) in [6.45, 7) is 1.07. The molecular formula is C18H16N4O3S. The predicted octanol–water partition coefficient (Wildman–Crippen LogP) is 3.58. The minimum absolute atomic E-state index is 0.140. The number of aromatic nitrogens is 1. The maximum absolute atomic E-state index is 12.4. The highest BCUT2D eigenvalue weighted by molar-refractivity contribution is 7.15. The van der Waals surface area contributed by atoms with Gasteiger partial charge in [-0.25, -0.2) is 9.78 Å². The number of furan rings is 1. The predicted molar refractivity (Wildman–Crippen MR) is 98.3 cm³/mol. The van der Waals surface area contributed by atoms with Gasteiger partial charge in [0.25, 0.3) is 5.91 Å². The van der Waals surface area contributed by atoms with Crippen molar-refractivity contribution in [1.29, 1.82) is 0 Å². The Morgan fingerprint density at radius 2 is 2.00 bits per heavy atom. The van der Waals surface area contributed by atoms with Crippen LogP contribution in [0.25, 0.3) is 0 Å². The summed E-state index contributed by atoms with van der Waals surface area (Å²) in [5.74, 6) is -0.261. The molecule has 1 aliphatic heterocycles. The van der Waals surface area contributed by atoms with Crippen molar-refractivity contribution in [1.82, 2.24) is 9.88 Å². The zero-order valence-corrected chi connectivity index (χ0v) is 14.6. The number of anilines is 2. The summed E-state index contributed by atoms with van der Waals surface area (Å²) in [5, 5.41) is 6.20. The highest BCUT2D eigenvalue weighted by Crippen LogP contribution is 2.29. The zero-order valence-electron chi connectivity index (χ0n) is 13.8. The largest absolute Gasteiger partial charge is 0.472 e. The zero-order chi connectivity index (χ0) is 17.9. The molecule has 3 aromatic rings. The summed E-state index contributed by atoms with van der Waals surface area (Å²) in [5.41, 5.74) is 2.14. The summed E-state index contributed by atoms with van der Waals surface area (Å²) in [6.07, 6.45) is 3.50. The summed E-state index contributed by atoms with van der Waals surface area (Å²) < 4.78 is 4.91. The lowest BCUT2D eigenvalue weighted by Crippen LogP contribution is -2.38. The van der Waals surface area contributed by atoms with Crippen LogP contribution in [0.4, 0.5) is 15.6 Å². The fourth-order valence-corrected chi connectivity index (χ4v) is 3.73. The van der Waals surface area contributed by atoms with Crippen LogP contribution in [0, 0.1) is 0 Å². The standard InChI is InChI=1S/C18H16N4O3S/c23-16(12-7-9-25-11-12)21-17-20-14-6-8-22(10-15(14)26-17)18(24)19-13-4-2-1-3-5-13/h1-5,7,9,11H,6,8,10H2,(H,19,24)(H,20,21,23). The van der Waals surface area contributed by atoms with E-state index in [9.17, 15) is 9.59 Å². The van der Waals surface area contributed by atoms with E-state index >= 15 is 0 Å². The fourth-order valence-electron chi connectivity index (χ4n) is 2.71. The van der Waals surface area contributed by atoms with E-state index in [-0.39, 0.29) is 11.9 Å². The first kappa shape index (κ1) is 16.3. The SMILES string of the molecule is O=C(Nc1nc2c(s1)CN(C(=O)Nc1ccccc1)CC2)c1ccoc1. The van der Waals surface area contributed by atoms with Gasteiger partial charge in [-0.1, -0.05) is 29.5 Å². The van der Waals surface area contributed by atoms with E-state index in [1.165, 1.54) is 23.9 Å². The molecule has 1 aromatic carbocycles. The monoisotopic (exact) mass is 368 g/mol. The van der Waals surface area contributed by atoms with Crippen molar-refractivity contribution in [2.24, 2.45) is 0 Å². The first-order chi connectivity index (χ1) is 12.7. The van der Waals surface area contributed by atoms with Gasteiger partial charge < -0.3 is 14.6 Å². The topological polar surface area (TPSA) is 87.5 Å². The van der Waals surface area contributed by atoms with E-state index < -0.39 is 0 Å². The fraction of sp³-hybridized carbons (Fsp3) is 0.167. The van der Waals surface area contributed by atoms with Crippen LogP contribution in [0.5, 0.6) is 0 Å². The average Bonchev–Trinajstić information content (AvgIpc) is 3.31. The van der Waals surface area contributed by atoms with E-state index in [0.29, 0.717) is 30.2 Å². The first-order valence-electron chi connectivity index (χ1n) is 8.12. The number of para-hydroxylation sites is 1. The number of hydrogen-bond acceptors (Lipinski definition) is 5. The number of fused-ring (bicyclic) bond motifs is 1. The molecule has 0 aliphatic carbocycles. The van der Waals surface area contributed by atoms with Gasteiger partial charge in [0.2, 0.25) is 0 Å². The number of carbonyl (C=O) groups is 2. The lowest BCUT2D eigenvalue weighted by Gasteiger charge is -2.26. The number of carbonyl (C=O) groups excluding carboxylic acids is 2. The van der Waals surface area contributed by atoms with Gasteiger partial charge in [-0.15, -0.1) is 0 Å². The van der Waals surface area contributed by atoms with Gasteiger partial charge in [-0.2, -0.15) is 0 Å². The molecule has 0 bridgehead atoms. The third-order valence-corrected chi connectivity index (χ3v) is 5.05. The van der Waals surface area contributed by atoms with E-state index in [4.69, 9.17) is 4.42 Å². The molecule has 3 heterocycles. The maximum atomic E-state index is 12.4. The second-order valence-corrected chi connectivity index (χ2v) is 6.91. The number of benzene rings is 1. The van der Waals surface area contributed by atoms with Crippen LogP contribution < -0.4 is 10.6 Å². The summed E-state index contributed by atoms with van der Waals surface area (Å²) >= 11 is 1.39. The van der Waals surface area contributed by atoms with E-state index in [2.05, 4.69) is 15.6 Å². The first-order valence-corrected chi connectivity index (χ1v) is 8.94. The molecular weight excluding hydrogens is 352 g/mol. The van der Waals surface area contributed by atoms with Crippen molar-refractivity contribution in [2.75, 3.05) is 17.2 Å². The Morgan fingerprint density at radius 3 is 2.77 bits per heavy atom. The van der Waals surface area contributed by atoms with Crippen LogP contribution in [0.1, 0.15) is 20.9 Å². The Balaban J connectivity index is 1.41. The number of urea groups is 1. The van der Waals surface area contributed by atoms with Crippen molar-refractivity contribution < 1.29 is 14.0 Å². The van der Waals surface area contributed by atoms with Gasteiger partial charge in [0, 0.05) is 23.5 Å². The summed E-state index contributed by atoms with van der Waals surface area (Å²) in [6, 6.07) is 10.8. The molecule has 0 saturated carbocycles. The van der Waals surface area contributed by atoms with Crippen molar-refractivity contribution in [3.05, 3.63) is 65.1 Å². The van der Waals surface area contributed by atoms with Crippen molar-refractivity contribution >= 4 is 34.1 Å². The highest BCUT2D eigenvalue weighted by Gasteiger charge is 2.24. The van der Waals surface area contributed by atoms with Crippen molar-refractivity contribution in [3.8, 4) is 0 Å². The summed E-state index contributed by atoms with van der Waals surface area (Å²) in [7, 11) is 0. The smallest absolute Gasteiger partial charge is 0.322 e. The molecule has 7 nitrogen and oxygen atoms in total. The minimum Gasteiger partial charge on any atom is -0.472 e. The number of nitrogens with zero attached hydrogens (tertiary/aromatic N) is 2. The number of nitrogens with one attached hydrogen (secondary N) is 2. The van der Waals surface area contributed by atoms with Crippen molar-refractivity contribution in [2.45, 2.75) is 13.0 Å². The molecule has 0 atom stereocenters. The van der Waals surface area contributed by atoms with E-state index in [0.717, 1.165) is 16.3 Å². The van der Waals surface area contributed by atoms with Crippen LogP contribution in [0.3, 0.4) is 0 Å². The van der Waals surface area contributed by atoms with Gasteiger partial charge in [-0.3, -0.25) is 10.1 Å². The molecule has 2 aromatic heterocycles. The maximum Gasteiger partial charge on any atom is 0.322 e. The molecule has 0 fully saturated rings. The lowest BCUT2D eigenvalue weighted by atomic mass is 10.2. The molecule has 26 heavy (non-hydrogen) atoms. The number of thiazole rings is 1. The Labute approximate surface area is 153 Å². The third-order valence-electron chi connectivity index (χ3n) is 4.05. The molecule has 0 spiro atoms. The normalized spacial score (nSPS) is 13.2. The van der Waals surface area contributed by atoms with Crippen LogP contribution in [-0.4, -0.2) is 28.4 Å². The molecule has 4 rings (SSSR count). The number of amides is 3. The molecule has 2 N–H and O–H groups in total. The number of hydrogen-bond donors (Lipinski definition) is 2. The van der Waals surface area contributed by atoms with E-state index in [1.54, 1.807) is 11.0 Å². The quantitative estimate of drug-likeness (QED) is 0.740. The van der Waals surface area contributed by atoms with Crippen LogP contribution in [0.15, 0.2) is 53.3 Å². The van der Waals surface area contributed by atoms with Crippen LogP contribution in [-0.2, 0) is 13.0 Å². The molecule has 1 aliphatic rings. The van der Waals surface area contributed by atoms with Gasteiger partial charge in [-0.05, 0) is 18.2 Å². The molecule has 132 valence electrons. The van der Waals surface area contributed by atoms with Gasteiger partial charge in [0.1, 0.15) is 6.26 Å². The molecule has 0 radical (unpaired) electrons. The average molecular weight is 368 g/mol. The Bertz CT molecular complexity index is 921. The van der Waals surface area contributed by atoms with Crippen LogP contribution >= 0.6 is 11.3 Å². The van der Waals surface area contributed by atoms with Gasteiger partial charge >= 0.3 is 6.03 Å². The Kier molecular flexibility index (Phi) is 4.40. The third kappa shape index (κ3) is 3.45. The second kappa shape index (κ2) is 7.01. The van der Waals surface area contributed by atoms with Gasteiger partial charge in [0.15, 0.2) is 5.13 Å². The van der Waals surface area contributed by atoms with Crippen molar-refractivity contribution in [3.63, 3.8) is 0 Å². The van der Waals surface area contributed by atoms with Gasteiger partial charge in [0.05, 0.1) is 24.1 Å².